The molecule has 1 aromatic carbocycles. The number of hydrogen-bond acceptors (Lipinski definition) is 4. The molecule has 3 rings (SSSR count). The van der Waals surface area contributed by atoms with E-state index in [2.05, 4.69) is 15.3 Å². The molecule has 23 heavy (non-hydrogen) atoms. The van der Waals surface area contributed by atoms with E-state index in [1.807, 2.05) is 17.5 Å². The van der Waals surface area contributed by atoms with Crippen molar-refractivity contribution in [2.24, 2.45) is 0 Å². The van der Waals surface area contributed by atoms with Crippen LogP contribution in [0.1, 0.15) is 15.4 Å². The number of amides is 1. The molecule has 0 aliphatic rings. The van der Waals surface area contributed by atoms with Gasteiger partial charge in [0.2, 0.25) is 0 Å². The monoisotopic (exact) mass is 363 g/mol. The normalized spacial score (nSPS) is 10.5. The number of nitrogens with one attached hydrogen (secondary N) is 1. The van der Waals surface area contributed by atoms with Crippen LogP contribution in [0.3, 0.4) is 0 Å². The predicted octanol–water partition coefficient (Wildman–Crippen LogP) is 4.44. The summed E-state index contributed by atoms with van der Waals surface area (Å²) in [6, 6.07) is 8.58. The van der Waals surface area contributed by atoms with E-state index in [-0.39, 0.29) is 5.91 Å². The van der Waals surface area contributed by atoms with Gasteiger partial charge in [-0.2, -0.15) is 0 Å². The zero-order valence-corrected chi connectivity index (χ0v) is 14.1. The highest BCUT2D eigenvalue weighted by Crippen LogP contribution is 2.22. The summed E-state index contributed by atoms with van der Waals surface area (Å²) in [5.74, 6) is -0.259. The summed E-state index contributed by atoms with van der Waals surface area (Å²) in [6.07, 6.45) is 3.47. The largest absolute Gasteiger partial charge is 0.345 e. The maximum Gasteiger partial charge on any atom is 0.253 e. The van der Waals surface area contributed by atoms with Crippen molar-refractivity contribution in [3.63, 3.8) is 0 Å². The van der Waals surface area contributed by atoms with Gasteiger partial charge >= 0.3 is 0 Å². The Morgan fingerprint density at radius 2 is 2.13 bits per heavy atom. The second kappa shape index (κ2) is 7.08. The predicted molar refractivity (Wildman–Crippen MR) is 93.0 cm³/mol. The molecule has 1 N–H and O–H groups in total. The summed E-state index contributed by atoms with van der Waals surface area (Å²) in [6.45, 7) is 0.336. The Morgan fingerprint density at radius 1 is 1.26 bits per heavy atom. The highest BCUT2D eigenvalue weighted by molar-refractivity contribution is 7.09. The van der Waals surface area contributed by atoms with Crippen LogP contribution in [0.15, 0.2) is 48.1 Å². The number of carbonyl (C=O) groups excluding carboxylic acids is 1. The zero-order valence-electron chi connectivity index (χ0n) is 11.8. The number of pyridine rings is 1. The van der Waals surface area contributed by atoms with Gasteiger partial charge in [-0.05, 0) is 30.3 Å². The molecule has 2 aromatic heterocycles. The number of thiazole rings is 1. The number of halogens is 2. The highest BCUT2D eigenvalue weighted by atomic mass is 35.5. The van der Waals surface area contributed by atoms with E-state index in [4.69, 9.17) is 23.2 Å². The molecule has 0 bridgehead atoms. The van der Waals surface area contributed by atoms with Crippen LogP contribution < -0.4 is 5.32 Å². The van der Waals surface area contributed by atoms with E-state index in [0.29, 0.717) is 22.2 Å². The van der Waals surface area contributed by atoms with Crippen LogP contribution in [0.25, 0.3) is 11.3 Å². The van der Waals surface area contributed by atoms with E-state index in [0.717, 1.165) is 16.3 Å². The molecule has 4 nitrogen and oxygen atoms in total. The lowest BCUT2D eigenvalue weighted by molar-refractivity contribution is 0.0951. The van der Waals surface area contributed by atoms with Crippen molar-refractivity contribution in [2.75, 3.05) is 0 Å². The standard InChI is InChI=1S/C16H11Cl2N3OS/c17-11-3-4-12(13(18)6-11)16(22)20-8-15-21-14(9-23-15)10-2-1-5-19-7-10/h1-7,9H,8H2,(H,20,22). The summed E-state index contributed by atoms with van der Waals surface area (Å²) in [5, 5.41) is 6.37. The fourth-order valence-electron chi connectivity index (χ4n) is 1.96. The summed E-state index contributed by atoms with van der Waals surface area (Å²) >= 11 is 13.3. The van der Waals surface area contributed by atoms with Gasteiger partial charge < -0.3 is 5.32 Å². The van der Waals surface area contributed by atoms with E-state index in [1.165, 1.54) is 11.3 Å². The van der Waals surface area contributed by atoms with Gasteiger partial charge in [-0.1, -0.05) is 23.2 Å². The minimum absolute atomic E-state index is 0.259. The summed E-state index contributed by atoms with van der Waals surface area (Å²) in [4.78, 5) is 20.7. The van der Waals surface area contributed by atoms with Crippen LogP contribution in [0.2, 0.25) is 10.0 Å². The molecule has 0 unspecified atom stereocenters. The van der Waals surface area contributed by atoms with Gasteiger partial charge in [0, 0.05) is 28.4 Å². The average molecular weight is 364 g/mol. The maximum absolute atomic E-state index is 12.2. The number of benzene rings is 1. The Kier molecular flexibility index (Phi) is 4.91. The van der Waals surface area contributed by atoms with Crippen molar-refractivity contribution in [1.82, 2.24) is 15.3 Å². The molecule has 1 amide bonds. The maximum atomic E-state index is 12.2. The minimum atomic E-state index is -0.259. The first-order valence-electron chi connectivity index (χ1n) is 6.71. The van der Waals surface area contributed by atoms with Gasteiger partial charge in [-0.3, -0.25) is 9.78 Å². The van der Waals surface area contributed by atoms with Crippen molar-refractivity contribution in [1.29, 1.82) is 0 Å². The Balaban J connectivity index is 1.67. The van der Waals surface area contributed by atoms with E-state index in [1.54, 1.807) is 30.6 Å². The van der Waals surface area contributed by atoms with Gasteiger partial charge in [-0.15, -0.1) is 11.3 Å². The molecule has 0 saturated carbocycles. The van der Waals surface area contributed by atoms with E-state index < -0.39 is 0 Å². The minimum Gasteiger partial charge on any atom is -0.345 e. The highest BCUT2D eigenvalue weighted by Gasteiger charge is 2.11. The fraction of sp³-hybridized carbons (Fsp3) is 0.0625. The van der Waals surface area contributed by atoms with Crippen molar-refractivity contribution >= 4 is 40.4 Å². The van der Waals surface area contributed by atoms with Crippen LogP contribution in [0, 0.1) is 0 Å². The van der Waals surface area contributed by atoms with Gasteiger partial charge in [-0.25, -0.2) is 4.98 Å². The van der Waals surface area contributed by atoms with Crippen LogP contribution >= 0.6 is 34.5 Å². The lowest BCUT2D eigenvalue weighted by Crippen LogP contribution is -2.23. The second-order valence-electron chi connectivity index (χ2n) is 4.68. The molecule has 0 spiro atoms. The Labute approximate surface area is 147 Å². The van der Waals surface area contributed by atoms with Crippen molar-refractivity contribution in [3.8, 4) is 11.3 Å². The average Bonchev–Trinajstić information content (AvgIpc) is 3.02. The van der Waals surface area contributed by atoms with Gasteiger partial charge in [0.1, 0.15) is 5.01 Å². The molecule has 0 aliphatic carbocycles. The third-order valence-corrected chi connectivity index (χ3v) is 4.48. The van der Waals surface area contributed by atoms with E-state index >= 15 is 0 Å². The Morgan fingerprint density at radius 3 is 2.87 bits per heavy atom. The lowest BCUT2D eigenvalue weighted by Gasteiger charge is -2.05. The van der Waals surface area contributed by atoms with Crippen molar-refractivity contribution in [2.45, 2.75) is 6.54 Å². The molecule has 0 radical (unpaired) electrons. The topological polar surface area (TPSA) is 54.9 Å². The van der Waals surface area contributed by atoms with Crippen molar-refractivity contribution < 1.29 is 4.79 Å². The zero-order chi connectivity index (χ0) is 16.2. The molecule has 116 valence electrons. The summed E-state index contributed by atoms with van der Waals surface area (Å²) in [5.41, 5.74) is 2.18. The van der Waals surface area contributed by atoms with Crippen molar-refractivity contribution in [3.05, 3.63) is 68.7 Å². The third-order valence-electron chi connectivity index (χ3n) is 3.08. The molecular formula is C16H11Cl2N3OS. The van der Waals surface area contributed by atoms with Crippen LogP contribution in [0.4, 0.5) is 0 Å². The lowest BCUT2D eigenvalue weighted by atomic mass is 10.2. The first-order valence-corrected chi connectivity index (χ1v) is 8.35. The second-order valence-corrected chi connectivity index (χ2v) is 6.46. The Hall–Kier alpha value is -1.95. The first-order chi connectivity index (χ1) is 11.1. The van der Waals surface area contributed by atoms with Crippen LogP contribution in [-0.2, 0) is 6.54 Å². The third kappa shape index (κ3) is 3.88. The number of rotatable bonds is 4. The van der Waals surface area contributed by atoms with Gasteiger partial charge in [0.15, 0.2) is 0 Å². The van der Waals surface area contributed by atoms with Crippen LogP contribution in [0.5, 0.6) is 0 Å². The molecule has 7 heteroatoms. The molecule has 0 fully saturated rings. The SMILES string of the molecule is O=C(NCc1nc(-c2cccnc2)cs1)c1ccc(Cl)cc1Cl. The number of nitrogens with zero attached hydrogens (tertiary/aromatic N) is 2. The quantitative estimate of drug-likeness (QED) is 0.745. The summed E-state index contributed by atoms with van der Waals surface area (Å²) < 4.78 is 0. The molecule has 0 saturated heterocycles. The van der Waals surface area contributed by atoms with Crippen LogP contribution in [-0.4, -0.2) is 15.9 Å². The number of carbonyl (C=O) groups is 1. The Bertz CT molecular complexity index is 836. The first kappa shape index (κ1) is 15.9. The van der Waals surface area contributed by atoms with E-state index in [9.17, 15) is 4.79 Å². The molecule has 0 aliphatic heterocycles. The fourth-order valence-corrected chi connectivity index (χ4v) is 3.20. The van der Waals surface area contributed by atoms with Gasteiger partial charge in [0.05, 0.1) is 22.8 Å². The van der Waals surface area contributed by atoms with Gasteiger partial charge in [0.25, 0.3) is 5.91 Å². The molecule has 3 aromatic rings. The smallest absolute Gasteiger partial charge is 0.253 e. The summed E-state index contributed by atoms with van der Waals surface area (Å²) in [7, 11) is 0. The molecular weight excluding hydrogens is 353 g/mol. The number of hydrogen-bond donors (Lipinski definition) is 1. The number of aromatic nitrogens is 2. The molecule has 2 heterocycles. The molecule has 0 atom stereocenters.